The van der Waals surface area contributed by atoms with E-state index in [1.54, 1.807) is 0 Å². The number of fused-ring (bicyclic) bond motifs is 3. The number of ether oxygens (including phenoxy) is 1. The highest BCUT2D eigenvalue weighted by atomic mass is 16.5. The zero-order valence-corrected chi connectivity index (χ0v) is 15.2. The summed E-state index contributed by atoms with van der Waals surface area (Å²) in [4.78, 5) is 2.64. The van der Waals surface area contributed by atoms with E-state index in [1.165, 1.54) is 28.6 Å². The van der Waals surface area contributed by atoms with Gasteiger partial charge in [-0.05, 0) is 51.3 Å². The maximum absolute atomic E-state index is 10.9. The lowest BCUT2D eigenvalue weighted by atomic mass is 9.63. The Kier molecular flexibility index (Phi) is 3.53. The summed E-state index contributed by atoms with van der Waals surface area (Å²) < 4.78 is 8.72. The summed E-state index contributed by atoms with van der Waals surface area (Å²) in [6, 6.07) is 9.11. The second-order valence-electron chi connectivity index (χ2n) is 8.07. The van der Waals surface area contributed by atoms with Crippen LogP contribution in [0.5, 0.6) is 0 Å². The molecule has 1 saturated heterocycles. The predicted molar refractivity (Wildman–Crippen MR) is 98.6 cm³/mol. The molecule has 25 heavy (non-hydrogen) atoms. The van der Waals surface area contributed by atoms with E-state index in [-0.39, 0.29) is 17.7 Å². The maximum atomic E-state index is 10.9. The van der Waals surface area contributed by atoms with Gasteiger partial charge in [0.1, 0.15) is 6.23 Å². The molecule has 0 amide bonds. The molecule has 0 saturated carbocycles. The monoisotopic (exact) mass is 340 g/mol. The molecule has 1 fully saturated rings. The first kappa shape index (κ1) is 15.9. The van der Waals surface area contributed by atoms with Gasteiger partial charge in [0, 0.05) is 36.1 Å². The summed E-state index contributed by atoms with van der Waals surface area (Å²) in [5, 5.41) is 12.3. The minimum Gasteiger partial charge on any atom is -0.393 e. The largest absolute Gasteiger partial charge is 0.393 e. The molecular weight excluding hydrogens is 312 g/mol. The smallest absolute Gasteiger partial charge is 0.134 e. The molecule has 3 aliphatic heterocycles. The second kappa shape index (κ2) is 5.57. The zero-order valence-electron chi connectivity index (χ0n) is 15.2. The molecule has 4 atom stereocenters. The van der Waals surface area contributed by atoms with Crippen molar-refractivity contribution in [2.45, 2.75) is 57.9 Å². The molecule has 0 spiro atoms. The van der Waals surface area contributed by atoms with E-state index in [1.807, 2.05) is 6.92 Å². The average Bonchev–Trinajstić information content (AvgIpc) is 2.96. The summed E-state index contributed by atoms with van der Waals surface area (Å²) >= 11 is 0. The fourth-order valence-electron chi connectivity index (χ4n) is 5.97. The van der Waals surface area contributed by atoms with E-state index in [4.69, 9.17) is 4.74 Å². The van der Waals surface area contributed by atoms with Crippen molar-refractivity contribution in [3.63, 3.8) is 0 Å². The fraction of sp³-hybridized carbons (Fsp3) is 0.619. The van der Waals surface area contributed by atoms with E-state index in [0.29, 0.717) is 12.6 Å². The van der Waals surface area contributed by atoms with Crippen LogP contribution in [0, 0.1) is 5.41 Å². The van der Waals surface area contributed by atoms with Gasteiger partial charge >= 0.3 is 0 Å². The molecule has 0 radical (unpaired) electrons. The molecule has 3 aliphatic rings. The van der Waals surface area contributed by atoms with Gasteiger partial charge in [-0.2, -0.15) is 0 Å². The maximum Gasteiger partial charge on any atom is 0.134 e. The molecule has 0 aliphatic carbocycles. The van der Waals surface area contributed by atoms with Crippen molar-refractivity contribution in [3.05, 3.63) is 35.5 Å². The van der Waals surface area contributed by atoms with Gasteiger partial charge in [-0.3, -0.25) is 4.90 Å². The molecule has 0 bridgehead atoms. The molecule has 134 valence electrons. The number of piperidine rings is 1. The quantitative estimate of drug-likeness (QED) is 0.927. The number of aromatic nitrogens is 1. The van der Waals surface area contributed by atoms with Gasteiger partial charge in [0.15, 0.2) is 0 Å². The number of para-hydroxylation sites is 1. The third-order valence-electron chi connectivity index (χ3n) is 7.00. The van der Waals surface area contributed by atoms with Crippen LogP contribution in [-0.2, 0) is 11.2 Å². The van der Waals surface area contributed by atoms with Crippen LogP contribution < -0.4 is 0 Å². The Morgan fingerprint density at radius 1 is 1.32 bits per heavy atom. The third-order valence-corrected chi connectivity index (χ3v) is 7.00. The van der Waals surface area contributed by atoms with Crippen LogP contribution in [0.1, 0.15) is 56.6 Å². The Bertz CT molecular complexity index is 812. The minimum absolute atomic E-state index is 0.0301. The lowest BCUT2D eigenvalue weighted by Crippen LogP contribution is -2.57. The summed E-state index contributed by atoms with van der Waals surface area (Å²) in [6.07, 6.45) is 3.99. The normalized spacial score (nSPS) is 32.6. The van der Waals surface area contributed by atoms with E-state index >= 15 is 0 Å². The van der Waals surface area contributed by atoms with Crippen LogP contribution in [-0.4, -0.2) is 40.4 Å². The summed E-state index contributed by atoms with van der Waals surface area (Å²) in [7, 11) is 0. The van der Waals surface area contributed by atoms with E-state index in [0.717, 1.165) is 32.4 Å². The van der Waals surface area contributed by atoms with Crippen molar-refractivity contribution < 1.29 is 9.84 Å². The Morgan fingerprint density at radius 3 is 2.96 bits per heavy atom. The molecule has 4 heteroatoms. The van der Waals surface area contributed by atoms with Gasteiger partial charge in [-0.15, -0.1) is 0 Å². The Labute approximate surface area is 149 Å². The average molecular weight is 340 g/mol. The van der Waals surface area contributed by atoms with Crippen molar-refractivity contribution in [3.8, 4) is 0 Å². The van der Waals surface area contributed by atoms with E-state index in [2.05, 4.69) is 40.7 Å². The molecule has 4 heterocycles. The van der Waals surface area contributed by atoms with Gasteiger partial charge in [-0.1, -0.05) is 18.2 Å². The number of rotatable bonds is 3. The zero-order chi connectivity index (χ0) is 17.2. The highest BCUT2D eigenvalue weighted by molar-refractivity contribution is 5.86. The number of benzene rings is 1. The number of nitrogens with zero attached hydrogens (tertiary/aromatic N) is 2. The molecule has 1 aromatic heterocycles. The van der Waals surface area contributed by atoms with Crippen LogP contribution in [0.15, 0.2) is 24.3 Å². The van der Waals surface area contributed by atoms with Crippen LogP contribution in [0.4, 0.5) is 0 Å². The van der Waals surface area contributed by atoms with Crippen molar-refractivity contribution >= 4 is 10.9 Å². The molecule has 2 aromatic rings. The van der Waals surface area contributed by atoms with Crippen molar-refractivity contribution in [1.82, 2.24) is 9.47 Å². The number of aliphatic hydroxyl groups excluding tert-OH is 1. The Hall–Kier alpha value is -1.36. The first-order valence-electron chi connectivity index (χ1n) is 9.83. The van der Waals surface area contributed by atoms with Crippen molar-refractivity contribution in [2.75, 3.05) is 19.7 Å². The van der Waals surface area contributed by atoms with Crippen LogP contribution in [0.3, 0.4) is 0 Å². The molecule has 1 N–H and O–H groups in total. The van der Waals surface area contributed by atoms with Crippen LogP contribution in [0.25, 0.3) is 10.9 Å². The van der Waals surface area contributed by atoms with E-state index < -0.39 is 0 Å². The lowest BCUT2D eigenvalue weighted by molar-refractivity contribution is -0.144. The first-order chi connectivity index (χ1) is 12.2. The number of aliphatic hydroxyl groups is 1. The third kappa shape index (κ3) is 1.99. The second-order valence-corrected chi connectivity index (χ2v) is 8.07. The fourth-order valence-corrected chi connectivity index (χ4v) is 5.97. The van der Waals surface area contributed by atoms with Gasteiger partial charge in [0.25, 0.3) is 0 Å². The standard InChI is InChI=1S/C21H28N2O2/c1-3-25-18-13-21(14(2)24)10-6-11-22-12-9-16-15-7-4-5-8-17(15)23(18)19(16)20(21)22/h4-5,7-8,14,18,20,24H,3,6,9-13H2,1-2H3/t14-,18+,20+,21-/m0/s1. The molecule has 0 unspecified atom stereocenters. The topological polar surface area (TPSA) is 37.6 Å². The highest BCUT2D eigenvalue weighted by Crippen LogP contribution is 2.59. The Balaban J connectivity index is 1.82. The van der Waals surface area contributed by atoms with Gasteiger partial charge in [0.2, 0.25) is 0 Å². The first-order valence-corrected chi connectivity index (χ1v) is 9.83. The summed E-state index contributed by atoms with van der Waals surface area (Å²) in [6.45, 7) is 7.04. The van der Waals surface area contributed by atoms with E-state index in [9.17, 15) is 5.11 Å². The number of hydrogen-bond acceptors (Lipinski definition) is 3. The van der Waals surface area contributed by atoms with Crippen LogP contribution >= 0.6 is 0 Å². The number of hydrogen-bond donors (Lipinski definition) is 1. The van der Waals surface area contributed by atoms with Gasteiger partial charge < -0.3 is 14.4 Å². The molecule has 5 rings (SSSR count). The summed E-state index contributed by atoms with van der Waals surface area (Å²) in [5.41, 5.74) is 4.14. The summed E-state index contributed by atoms with van der Waals surface area (Å²) in [5.74, 6) is 0. The molecule has 4 nitrogen and oxygen atoms in total. The SMILES string of the molecule is CCO[C@@H]1C[C@]2([C@H](C)O)CCCN3CCc4c(n1c1ccccc41)[C@@H]32. The minimum atomic E-state index is -0.319. The highest BCUT2D eigenvalue weighted by Gasteiger charge is 2.56. The Morgan fingerprint density at radius 2 is 2.16 bits per heavy atom. The lowest BCUT2D eigenvalue weighted by Gasteiger charge is -2.57. The van der Waals surface area contributed by atoms with Crippen LogP contribution in [0.2, 0.25) is 0 Å². The predicted octanol–water partition coefficient (Wildman–Crippen LogP) is 3.64. The van der Waals surface area contributed by atoms with Crippen molar-refractivity contribution in [1.29, 1.82) is 0 Å². The molecular formula is C21H28N2O2. The van der Waals surface area contributed by atoms with Gasteiger partial charge in [0.05, 0.1) is 17.7 Å². The molecule has 1 aromatic carbocycles. The van der Waals surface area contributed by atoms with Gasteiger partial charge in [-0.25, -0.2) is 0 Å². The van der Waals surface area contributed by atoms with Crippen molar-refractivity contribution in [2.24, 2.45) is 5.41 Å².